The van der Waals surface area contributed by atoms with Gasteiger partial charge in [-0.3, -0.25) is 9.69 Å². The molecule has 1 rings (SSSR count). The number of thiocarbonyl (C=S) groups is 1. The fourth-order valence-corrected chi connectivity index (χ4v) is 1.85. The van der Waals surface area contributed by atoms with Crippen LogP contribution < -0.4 is 11.1 Å². The minimum atomic E-state index is -0.235. The number of nitrogens with one attached hydrogen (secondary N) is 1. The number of carbonyl (C=O) groups is 1. The summed E-state index contributed by atoms with van der Waals surface area (Å²) in [5, 5.41) is 2.87. The van der Waals surface area contributed by atoms with E-state index in [0.29, 0.717) is 24.7 Å². The smallest absolute Gasteiger partial charge is 0.241 e. The fraction of sp³-hybridized carbons (Fsp3) is 0.467. The Labute approximate surface area is 131 Å². The molecule has 0 saturated carbocycles. The van der Waals surface area contributed by atoms with E-state index in [0.717, 1.165) is 11.3 Å². The number of nitrogens with zero attached hydrogens (tertiary/aromatic N) is 1. The van der Waals surface area contributed by atoms with Crippen molar-refractivity contribution in [3.05, 3.63) is 29.8 Å². The molecule has 5 nitrogen and oxygen atoms in total. The number of likely N-dealkylation sites (N-methyl/N-ethyl adjacent to an activating group) is 1. The standard InChI is InChI=1S/C15H23N3O2S/c1-4-20-10-9-18(3)11(2)15(19)17-13-7-5-12(6-8-13)14(16)21/h5-8,11H,4,9-10H2,1-3H3,(H2,16,21)(H,17,19). The molecule has 21 heavy (non-hydrogen) atoms. The van der Waals surface area contributed by atoms with Gasteiger partial charge in [0, 0.05) is 24.4 Å². The lowest BCUT2D eigenvalue weighted by molar-refractivity contribution is -0.120. The molecular formula is C15H23N3O2S. The normalized spacial score (nSPS) is 12.2. The molecule has 1 aromatic rings. The van der Waals surface area contributed by atoms with Crippen molar-refractivity contribution in [2.45, 2.75) is 19.9 Å². The van der Waals surface area contributed by atoms with Gasteiger partial charge in [0.15, 0.2) is 0 Å². The van der Waals surface area contributed by atoms with Gasteiger partial charge in [-0.05, 0) is 45.2 Å². The van der Waals surface area contributed by atoms with Crippen molar-refractivity contribution in [2.24, 2.45) is 5.73 Å². The highest BCUT2D eigenvalue weighted by Crippen LogP contribution is 2.10. The number of hydrogen-bond donors (Lipinski definition) is 2. The number of hydrogen-bond acceptors (Lipinski definition) is 4. The third kappa shape index (κ3) is 5.79. The van der Waals surface area contributed by atoms with E-state index in [-0.39, 0.29) is 11.9 Å². The Morgan fingerprint density at radius 1 is 1.43 bits per heavy atom. The average Bonchev–Trinajstić information content (AvgIpc) is 2.47. The van der Waals surface area contributed by atoms with Crippen LogP contribution in [0.1, 0.15) is 19.4 Å². The Morgan fingerprint density at radius 2 is 2.05 bits per heavy atom. The largest absolute Gasteiger partial charge is 0.389 e. The Hall–Kier alpha value is -1.50. The Kier molecular flexibility index (Phi) is 7.28. The molecule has 3 N–H and O–H groups in total. The van der Waals surface area contributed by atoms with Crippen LogP contribution in [0, 0.1) is 0 Å². The van der Waals surface area contributed by atoms with E-state index >= 15 is 0 Å². The van der Waals surface area contributed by atoms with Crippen LogP contribution in [0.2, 0.25) is 0 Å². The first-order valence-electron chi connectivity index (χ1n) is 6.94. The van der Waals surface area contributed by atoms with Crippen LogP contribution in [0.5, 0.6) is 0 Å². The van der Waals surface area contributed by atoms with Crippen molar-refractivity contribution in [1.82, 2.24) is 4.90 Å². The summed E-state index contributed by atoms with van der Waals surface area (Å²) in [7, 11) is 1.90. The van der Waals surface area contributed by atoms with Crippen LogP contribution in [0.25, 0.3) is 0 Å². The summed E-state index contributed by atoms with van der Waals surface area (Å²) in [5.74, 6) is -0.0583. The summed E-state index contributed by atoms with van der Waals surface area (Å²) < 4.78 is 5.29. The van der Waals surface area contributed by atoms with E-state index in [9.17, 15) is 4.79 Å². The predicted molar refractivity (Wildman–Crippen MR) is 89.5 cm³/mol. The average molecular weight is 309 g/mol. The molecule has 0 radical (unpaired) electrons. The van der Waals surface area contributed by atoms with Crippen LogP contribution in [-0.4, -0.2) is 48.6 Å². The summed E-state index contributed by atoms with van der Waals surface area (Å²) in [5.41, 5.74) is 7.05. The summed E-state index contributed by atoms with van der Waals surface area (Å²) >= 11 is 4.89. The van der Waals surface area contributed by atoms with Crippen molar-refractivity contribution in [3.8, 4) is 0 Å². The number of rotatable bonds is 8. The quantitative estimate of drug-likeness (QED) is 0.564. The van der Waals surface area contributed by atoms with Crippen molar-refractivity contribution < 1.29 is 9.53 Å². The summed E-state index contributed by atoms with van der Waals surface area (Å²) in [4.78, 5) is 14.5. The highest BCUT2D eigenvalue weighted by atomic mass is 32.1. The van der Waals surface area contributed by atoms with E-state index in [1.807, 2.05) is 25.8 Å². The van der Waals surface area contributed by atoms with Crippen molar-refractivity contribution >= 4 is 28.8 Å². The zero-order valence-electron chi connectivity index (χ0n) is 12.8. The lowest BCUT2D eigenvalue weighted by Gasteiger charge is -2.23. The Bertz CT molecular complexity index is 476. The number of amides is 1. The maximum absolute atomic E-state index is 12.2. The van der Waals surface area contributed by atoms with Gasteiger partial charge in [0.2, 0.25) is 5.91 Å². The summed E-state index contributed by atoms with van der Waals surface area (Å²) in [6.45, 7) is 5.83. The van der Waals surface area contributed by atoms with Gasteiger partial charge in [0.25, 0.3) is 0 Å². The lowest BCUT2D eigenvalue weighted by Crippen LogP contribution is -2.41. The van der Waals surface area contributed by atoms with Gasteiger partial charge in [0.05, 0.1) is 12.6 Å². The molecule has 0 fully saturated rings. The van der Waals surface area contributed by atoms with Gasteiger partial charge in [-0.2, -0.15) is 0 Å². The van der Waals surface area contributed by atoms with Gasteiger partial charge >= 0.3 is 0 Å². The topological polar surface area (TPSA) is 67.6 Å². The van der Waals surface area contributed by atoms with Gasteiger partial charge in [-0.25, -0.2) is 0 Å². The molecule has 0 aliphatic heterocycles. The first-order chi connectivity index (χ1) is 9.95. The molecule has 0 aliphatic rings. The van der Waals surface area contributed by atoms with Gasteiger partial charge in [-0.1, -0.05) is 12.2 Å². The molecule has 1 unspecified atom stereocenters. The Morgan fingerprint density at radius 3 is 2.57 bits per heavy atom. The van der Waals surface area contributed by atoms with Gasteiger partial charge < -0.3 is 15.8 Å². The SMILES string of the molecule is CCOCCN(C)C(C)C(=O)Nc1ccc(C(N)=S)cc1. The minimum absolute atomic E-state index is 0.0583. The Balaban J connectivity index is 2.53. The first kappa shape index (κ1) is 17.6. The molecule has 0 spiro atoms. The molecule has 0 aromatic heterocycles. The van der Waals surface area contributed by atoms with Crippen molar-refractivity contribution in [1.29, 1.82) is 0 Å². The zero-order valence-corrected chi connectivity index (χ0v) is 13.6. The number of benzene rings is 1. The third-order valence-electron chi connectivity index (χ3n) is 3.27. The van der Waals surface area contributed by atoms with E-state index < -0.39 is 0 Å². The molecule has 0 bridgehead atoms. The predicted octanol–water partition coefficient (Wildman–Crippen LogP) is 1.62. The van der Waals surface area contributed by atoms with Crippen molar-refractivity contribution in [3.63, 3.8) is 0 Å². The van der Waals surface area contributed by atoms with Crippen LogP contribution in [0.4, 0.5) is 5.69 Å². The van der Waals surface area contributed by atoms with E-state index in [1.165, 1.54) is 0 Å². The molecule has 0 heterocycles. The van der Waals surface area contributed by atoms with Crippen LogP contribution >= 0.6 is 12.2 Å². The van der Waals surface area contributed by atoms with E-state index in [1.54, 1.807) is 24.3 Å². The fourth-order valence-electron chi connectivity index (χ4n) is 1.71. The molecule has 1 aromatic carbocycles. The molecular weight excluding hydrogens is 286 g/mol. The molecule has 116 valence electrons. The van der Waals surface area contributed by atoms with Gasteiger partial charge in [-0.15, -0.1) is 0 Å². The minimum Gasteiger partial charge on any atom is -0.389 e. The molecule has 6 heteroatoms. The zero-order chi connectivity index (χ0) is 15.8. The monoisotopic (exact) mass is 309 g/mol. The lowest BCUT2D eigenvalue weighted by atomic mass is 10.2. The molecule has 0 aliphatic carbocycles. The number of carbonyl (C=O) groups excluding carboxylic acids is 1. The molecule has 0 saturated heterocycles. The van der Waals surface area contributed by atoms with Crippen LogP contribution in [-0.2, 0) is 9.53 Å². The second-order valence-electron chi connectivity index (χ2n) is 4.78. The molecule has 1 atom stereocenters. The third-order valence-corrected chi connectivity index (χ3v) is 3.51. The number of ether oxygens (including phenoxy) is 1. The second kappa shape index (κ2) is 8.71. The number of nitrogens with two attached hydrogens (primary N) is 1. The highest BCUT2D eigenvalue weighted by Gasteiger charge is 2.17. The van der Waals surface area contributed by atoms with Crippen LogP contribution in [0.3, 0.4) is 0 Å². The van der Waals surface area contributed by atoms with Gasteiger partial charge in [0.1, 0.15) is 4.99 Å². The van der Waals surface area contributed by atoms with Crippen molar-refractivity contribution in [2.75, 3.05) is 32.1 Å². The number of anilines is 1. The second-order valence-corrected chi connectivity index (χ2v) is 5.22. The summed E-state index contributed by atoms with van der Waals surface area (Å²) in [6.07, 6.45) is 0. The van der Waals surface area contributed by atoms with E-state index in [4.69, 9.17) is 22.7 Å². The maximum atomic E-state index is 12.2. The van der Waals surface area contributed by atoms with E-state index in [2.05, 4.69) is 5.32 Å². The van der Waals surface area contributed by atoms with Crippen LogP contribution in [0.15, 0.2) is 24.3 Å². The summed E-state index contributed by atoms with van der Waals surface area (Å²) in [6, 6.07) is 6.93. The molecule has 1 amide bonds. The highest BCUT2D eigenvalue weighted by molar-refractivity contribution is 7.80. The first-order valence-corrected chi connectivity index (χ1v) is 7.35. The maximum Gasteiger partial charge on any atom is 0.241 e.